The summed E-state index contributed by atoms with van der Waals surface area (Å²) in [6.07, 6.45) is 1.70. The third-order valence-corrected chi connectivity index (χ3v) is 6.54. The second kappa shape index (κ2) is 8.29. The van der Waals surface area contributed by atoms with Crippen LogP contribution in [0.25, 0.3) is 38.5 Å². The second-order valence-corrected chi connectivity index (χ2v) is 8.75. The maximum absolute atomic E-state index is 12.6. The number of ether oxygens (including phenoxy) is 1. The minimum atomic E-state index is -0.0313. The largest absolute Gasteiger partial charge is 0.381 e. The minimum Gasteiger partial charge on any atom is -0.381 e. The van der Waals surface area contributed by atoms with E-state index >= 15 is 0 Å². The molecule has 162 valence electrons. The Morgan fingerprint density at radius 3 is 2.91 bits per heavy atom. The van der Waals surface area contributed by atoms with Crippen molar-refractivity contribution in [3.8, 4) is 11.4 Å². The van der Waals surface area contributed by atoms with E-state index in [4.69, 9.17) is 9.72 Å². The van der Waals surface area contributed by atoms with Crippen LogP contribution < -0.4 is 10.6 Å². The number of hydrogen-bond donors (Lipinski definition) is 2. The summed E-state index contributed by atoms with van der Waals surface area (Å²) >= 11 is 1.51. The van der Waals surface area contributed by atoms with Gasteiger partial charge in [0.2, 0.25) is 0 Å². The highest BCUT2D eigenvalue weighted by atomic mass is 32.1. The molecule has 0 bridgehead atoms. The Bertz CT molecular complexity index is 1360. The van der Waals surface area contributed by atoms with Crippen molar-refractivity contribution in [1.29, 1.82) is 0 Å². The number of thiophene rings is 1. The number of fused-ring (bicyclic) bond motifs is 5. The second-order valence-electron chi connectivity index (χ2n) is 7.70. The predicted octanol–water partition coefficient (Wildman–Crippen LogP) is 4.63. The molecule has 0 fully saturated rings. The highest BCUT2D eigenvalue weighted by molar-refractivity contribution is 7.21. The zero-order chi connectivity index (χ0) is 22.2. The van der Waals surface area contributed by atoms with Crippen LogP contribution in [0, 0.1) is 0 Å². The number of rotatable bonds is 5. The molecule has 0 saturated heterocycles. The molecule has 7 nitrogen and oxygen atoms in total. The first-order chi connectivity index (χ1) is 15.6. The Labute approximate surface area is 189 Å². The Morgan fingerprint density at radius 2 is 2.09 bits per heavy atom. The van der Waals surface area contributed by atoms with Crippen LogP contribution in [0.3, 0.4) is 0 Å². The average molecular weight is 446 g/mol. The van der Waals surface area contributed by atoms with Crippen molar-refractivity contribution < 1.29 is 9.53 Å². The molecule has 3 aromatic heterocycles. The zero-order valence-electron chi connectivity index (χ0n) is 17.9. The van der Waals surface area contributed by atoms with E-state index in [0.717, 1.165) is 43.8 Å². The van der Waals surface area contributed by atoms with Crippen molar-refractivity contribution >= 4 is 50.0 Å². The molecule has 0 unspecified atom stereocenters. The van der Waals surface area contributed by atoms with Crippen LogP contribution >= 0.6 is 11.3 Å². The Kier molecular flexibility index (Phi) is 5.32. The lowest BCUT2D eigenvalue weighted by Gasteiger charge is -2.10. The van der Waals surface area contributed by atoms with E-state index in [1.54, 1.807) is 6.08 Å². The fourth-order valence-corrected chi connectivity index (χ4v) is 4.98. The molecule has 1 amide bonds. The number of carbonyl (C=O) groups is 1. The highest BCUT2D eigenvalue weighted by Crippen LogP contribution is 2.41. The fraction of sp³-hybridized carbons (Fsp3) is 0.250. The van der Waals surface area contributed by atoms with Gasteiger partial charge in [-0.2, -0.15) is 0 Å². The molecule has 4 aromatic rings. The average Bonchev–Trinajstić information content (AvgIpc) is 3.13. The van der Waals surface area contributed by atoms with Crippen molar-refractivity contribution in [3.63, 3.8) is 0 Å². The van der Waals surface area contributed by atoms with E-state index in [1.807, 2.05) is 38.1 Å². The van der Waals surface area contributed by atoms with Crippen LogP contribution in [0.1, 0.15) is 35.0 Å². The number of pyridine rings is 1. The number of amides is 1. The first-order valence-electron chi connectivity index (χ1n) is 10.6. The van der Waals surface area contributed by atoms with Gasteiger partial charge in [-0.15, -0.1) is 11.3 Å². The van der Waals surface area contributed by atoms with Gasteiger partial charge in [-0.05, 0) is 50.3 Å². The van der Waals surface area contributed by atoms with Gasteiger partial charge in [-0.25, -0.2) is 15.0 Å². The molecule has 32 heavy (non-hydrogen) atoms. The number of nitrogens with one attached hydrogen (secondary N) is 2. The van der Waals surface area contributed by atoms with Gasteiger partial charge in [0.05, 0.1) is 28.3 Å². The molecular weight excluding hydrogens is 422 g/mol. The normalized spacial score (nSPS) is 15.8. The minimum absolute atomic E-state index is 0.0313. The Hall–Kier alpha value is -3.36. The molecule has 1 aromatic carbocycles. The quantitative estimate of drug-likeness (QED) is 0.466. The molecule has 0 radical (unpaired) electrons. The van der Waals surface area contributed by atoms with Crippen molar-refractivity contribution in [2.75, 3.05) is 18.5 Å². The lowest BCUT2D eigenvalue weighted by molar-refractivity contribution is 0.0949. The molecule has 0 spiro atoms. The molecule has 0 saturated carbocycles. The van der Waals surface area contributed by atoms with E-state index < -0.39 is 0 Å². The molecule has 4 heterocycles. The molecule has 1 aliphatic heterocycles. The summed E-state index contributed by atoms with van der Waals surface area (Å²) in [5.41, 5.74) is 3.94. The number of aromatic nitrogens is 3. The maximum Gasteiger partial charge on any atom is 0.263 e. The van der Waals surface area contributed by atoms with Gasteiger partial charge in [-0.1, -0.05) is 6.58 Å². The fourth-order valence-electron chi connectivity index (χ4n) is 3.88. The summed E-state index contributed by atoms with van der Waals surface area (Å²) in [6, 6.07) is 9.98. The smallest absolute Gasteiger partial charge is 0.263 e. The molecular formula is C24H23N5O2S. The van der Waals surface area contributed by atoms with Crippen LogP contribution in [0.2, 0.25) is 0 Å². The first kappa shape index (κ1) is 20.5. The van der Waals surface area contributed by atoms with Crippen LogP contribution in [0.4, 0.5) is 5.69 Å². The van der Waals surface area contributed by atoms with E-state index in [1.165, 1.54) is 11.3 Å². The highest BCUT2D eigenvalue weighted by Gasteiger charge is 2.24. The number of benzene rings is 1. The molecule has 1 aliphatic rings. The number of hydrogen-bond acceptors (Lipinski definition) is 7. The first-order valence-corrected chi connectivity index (χ1v) is 11.4. The maximum atomic E-state index is 12.6. The van der Waals surface area contributed by atoms with Crippen molar-refractivity contribution in [3.05, 3.63) is 53.3 Å². The summed E-state index contributed by atoms with van der Waals surface area (Å²) in [5, 5.41) is 8.54. The topological polar surface area (TPSA) is 89.0 Å². The molecule has 5 rings (SSSR count). The lowest BCUT2D eigenvalue weighted by atomic mass is 10.1. The van der Waals surface area contributed by atoms with Gasteiger partial charge in [0.1, 0.15) is 11.5 Å². The molecule has 8 heteroatoms. The van der Waals surface area contributed by atoms with Gasteiger partial charge in [-0.3, -0.25) is 4.79 Å². The van der Waals surface area contributed by atoms with Crippen LogP contribution in [0.15, 0.2) is 36.9 Å². The number of anilines is 1. The van der Waals surface area contributed by atoms with Crippen molar-refractivity contribution in [1.82, 2.24) is 20.3 Å². The summed E-state index contributed by atoms with van der Waals surface area (Å²) in [4.78, 5) is 27.3. The van der Waals surface area contributed by atoms with E-state index in [2.05, 4.69) is 33.2 Å². The van der Waals surface area contributed by atoms with Gasteiger partial charge in [0.25, 0.3) is 5.91 Å². The van der Waals surface area contributed by atoms with E-state index in [-0.39, 0.29) is 11.9 Å². The standard InChI is InChI=1S/C24H23N5O2S/c1-4-14-10-18(29-20(27-14)12-31-5-2)17-7-6-15-16(28-17)8-9-19-21(15)22-23(32-19)24(30)26-13(3)11-25-22/h4,6-10,13,25H,1,5,11-12H2,2-3H3,(H,26,30)/t13-/m1/s1. The third kappa shape index (κ3) is 3.61. The van der Waals surface area contributed by atoms with Crippen LogP contribution in [-0.4, -0.2) is 40.1 Å². The summed E-state index contributed by atoms with van der Waals surface area (Å²) in [7, 11) is 0. The Balaban J connectivity index is 1.63. The predicted molar refractivity (Wildman–Crippen MR) is 129 cm³/mol. The van der Waals surface area contributed by atoms with Gasteiger partial charge < -0.3 is 15.4 Å². The van der Waals surface area contributed by atoms with Crippen molar-refractivity contribution in [2.45, 2.75) is 26.5 Å². The van der Waals surface area contributed by atoms with Gasteiger partial charge >= 0.3 is 0 Å². The van der Waals surface area contributed by atoms with E-state index in [9.17, 15) is 4.79 Å². The zero-order valence-corrected chi connectivity index (χ0v) is 18.8. The van der Waals surface area contributed by atoms with Gasteiger partial charge in [0.15, 0.2) is 5.82 Å². The van der Waals surface area contributed by atoms with Crippen molar-refractivity contribution in [2.24, 2.45) is 0 Å². The van der Waals surface area contributed by atoms with E-state index in [0.29, 0.717) is 30.5 Å². The molecule has 0 aliphatic carbocycles. The number of nitrogens with zero attached hydrogens (tertiary/aromatic N) is 3. The third-order valence-electron chi connectivity index (χ3n) is 5.39. The number of carbonyl (C=O) groups excluding carboxylic acids is 1. The monoisotopic (exact) mass is 445 g/mol. The summed E-state index contributed by atoms with van der Waals surface area (Å²) < 4.78 is 6.54. The van der Waals surface area contributed by atoms with Crippen LogP contribution in [-0.2, 0) is 11.3 Å². The molecule has 2 N–H and O–H groups in total. The lowest BCUT2D eigenvalue weighted by Crippen LogP contribution is -2.34. The Morgan fingerprint density at radius 1 is 1.22 bits per heavy atom. The molecule has 1 atom stereocenters. The van der Waals surface area contributed by atoms with Gasteiger partial charge in [0, 0.05) is 34.7 Å². The SMILES string of the molecule is C=Cc1cc(-c2ccc3c(ccc4sc5c(c43)NC[C@@H](C)NC5=O)n2)nc(COCC)n1. The van der Waals surface area contributed by atoms with Crippen LogP contribution in [0.5, 0.6) is 0 Å². The summed E-state index contributed by atoms with van der Waals surface area (Å²) in [5.74, 6) is 0.570. The summed E-state index contributed by atoms with van der Waals surface area (Å²) in [6.45, 7) is 9.38.